The first-order chi connectivity index (χ1) is 17.9. The third-order valence-corrected chi connectivity index (χ3v) is 4.96. The van der Waals surface area contributed by atoms with Crippen LogP contribution in [0.3, 0.4) is 0 Å². The van der Waals surface area contributed by atoms with Gasteiger partial charge in [0.1, 0.15) is 5.82 Å². The Morgan fingerprint density at radius 3 is 2.59 bits per heavy atom. The summed E-state index contributed by atoms with van der Waals surface area (Å²) in [5.74, 6) is 0.891. The maximum Gasteiger partial charge on any atom is 0.243 e. The van der Waals surface area contributed by atoms with Crippen molar-refractivity contribution in [3.05, 3.63) is 59.8 Å². The number of anilines is 3. The molecule has 0 saturated carbocycles. The Balaban J connectivity index is 1.81. The van der Waals surface area contributed by atoms with E-state index in [2.05, 4.69) is 44.2 Å². The van der Waals surface area contributed by atoms with E-state index in [4.69, 9.17) is 5.26 Å². The average Bonchev–Trinajstić information content (AvgIpc) is 2.89. The van der Waals surface area contributed by atoms with Crippen molar-refractivity contribution < 1.29 is 9.59 Å². The Hall–Kier alpha value is -4.23. The largest absolute Gasteiger partial charge is 0.369 e. The topological polar surface area (TPSA) is 135 Å². The molecule has 0 radical (unpaired) electrons. The standard InChI is InChI=1S/C27H36N8O2/c1-4-15-31-26-22(20-32-27(34-26)33-23-13-11-21(19-28)12-14-23)8-5-16-29-24(36)9-6-17-30-25(37)10-7-18-35(2)3/h5,7-8,10-14,20H,4,6,9,15-18H2,1-3H3,(H,29,36)(H,30,37)(H2,31,32,33,34)/b8-5-,10-7+. The maximum absolute atomic E-state index is 12.1. The minimum absolute atomic E-state index is 0.0791. The zero-order valence-corrected chi connectivity index (χ0v) is 21.8. The first kappa shape index (κ1) is 29.0. The van der Waals surface area contributed by atoms with Crippen LogP contribution < -0.4 is 21.3 Å². The molecule has 0 atom stereocenters. The van der Waals surface area contributed by atoms with Gasteiger partial charge in [-0.1, -0.05) is 25.2 Å². The molecule has 2 rings (SSSR count). The lowest BCUT2D eigenvalue weighted by atomic mass is 10.2. The minimum Gasteiger partial charge on any atom is -0.369 e. The molecule has 2 amide bonds. The molecule has 2 aromatic rings. The van der Waals surface area contributed by atoms with Gasteiger partial charge >= 0.3 is 0 Å². The fourth-order valence-corrected chi connectivity index (χ4v) is 3.05. The third-order valence-electron chi connectivity index (χ3n) is 4.96. The van der Waals surface area contributed by atoms with Crippen LogP contribution in [0.5, 0.6) is 0 Å². The number of nitrogens with one attached hydrogen (secondary N) is 4. The summed E-state index contributed by atoms with van der Waals surface area (Å²) >= 11 is 0. The summed E-state index contributed by atoms with van der Waals surface area (Å²) in [4.78, 5) is 34.7. The van der Waals surface area contributed by atoms with Gasteiger partial charge in [0.15, 0.2) is 0 Å². The zero-order chi connectivity index (χ0) is 26.9. The number of likely N-dealkylation sites (N-methyl/N-ethyl adjacent to an activating group) is 1. The van der Waals surface area contributed by atoms with Crippen molar-refractivity contribution in [1.82, 2.24) is 25.5 Å². The van der Waals surface area contributed by atoms with Crippen molar-refractivity contribution in [1.29, 1.82) is 5.26 Å². The van der Waals surface area contributed by atoms with Gasteiger partial charge in [-0.25, -0.2) is 4.98 Å². The minimum atomic E-state index is -0.155. The summed E-state index contributed by atoms with van der Waals surface area (Å²) < 4.78 is 0. The molecular weight excluding hydrogens is 468 g/mol. The Morgan fingerprint density at radius 1 is 1.11 bits per heavy atom. The predicted molar refractivity (Wildman–Crippen MR) is 147 cm³/mol. The van der Waals surface area contributed by atoms with Crippen LogP contribution in [-0.2, 0) is 9.59 Å². The highest BCUT2D eigenvalue weighted by Gasteiger charge is 2.06. The van der Waals surface area contributed by atoms with Gasteiger partial charge in [0.05, 0.1) is 11.6 Å². The summed E-state index contributed by atoms with van der Waals surface area (Å²) in [6.45, 7) is 4.35. The van der Waals surface area contributed by atoms with Crippen LogP contribution in [0.25, 0.3) is 6.08 Å². The van der Waals surface area contributed by atoms with Gasteiger partial charge in [-0.05, 0) is 51.2 Å². The van der Waals surface area contributed by atoms with Crippen LogP contribution in [0.15, 0.2) is 48.7 Å². The van der Waals surface area contributed by atoms with E-state index in [1.54, 1.807) is 36.5 Å². The van der Waals surface area contributed by atoms with Gasteiger partial charge in [-0.2, -0.15) is 10.2 Å². The normalized spacial score (nSPS) is 11.0. The van der Waals surface area contributed by atoms with Crippen LogP contribution >= 0.6 is 0 Å². The van der Waals surface area contributed by atoms with Gasteiger partial charge in [0.25, 0.3) is 0 Å². The average molecular weight is 505 g/mol. The van der Waals surface area contributed by atoms with Gasteiger partial charge in [0.2, 0.25) is 17.8 Å². The number of carbonyl (C=O) groups is 2. The summed E-state index contributed by atoms with van der Waals surface area (Å²) in [7, 11) is 3.86. The van der Waals surface area contributed by atoms with E-state index in [0.717, 1.165) is 24.2 Å². The van der Waals surface area contributed by atoms with E-state index in [1.807, 2.05) is 31.1 Å². The van der Waals surface area contributed by atoms with Gasteiger partial charge in [-0.3, -0.25) is 9.59 Å². The lowest BCUT2D eigenvalue weighted by molar-refractivity contribution is -0.121. The molecule has 0 bridgehead atoms. The highest BCUT2D eigenvalue weighted by Crippen LogP contribution is 2.19. The van der Waals surface area contributed by atoms with Crippen LogP contribution in [0.1, 0.15) is 37.3 Å². The lowest BCUT2D eigenvalue weighted by Gasteiger charge is -2.11. The molecule has 10 heteroatoms. The second-order valence-corrected chi connectivity index (χ2v) is 8.50. The molecule has 37 heavy (non-hydrogen) atoms. The quantitative estimate of drug-likeness (QED) is 0.215. The monoisotopic (exact) mass is 504 g/mol. The van der Waals surface area contributed by atoms with E-state index in [-0.39, 0.29) is 11.8 Å². The van der Waals surface area contributed by atoms with E-state index < -0.39 is 0 Å². The number of carbonyl (C=O) groups excluding carboxylic acids is 2. The van der Waals surface area contributed by atoms with Crippen LogP contribution in [0, 0.1) is 11.3 Å². The Morgan fingerprint density at radius 2 is 1.89 bits per heavy atom. The number of rotatable bonds is 15. The van der Waals surface area contributed by atoms with E-state index in [0.29, 0.717) is 49.8 Å². The molecule has 0 fully saturated rings. The maximum atomic E-state index is 12.1. The lowest BCUT2D eigenvalue weighted by Crippen LogP contribution is -2.26. The van der Waals surface area contributed by atoms with Crippen molar-refractivity contribution in [3.8, 4) is 6.07 Å². The van der Waals surface area contributed by atoms with Crippen LogP contribution in [-0.4, -0.2) is 67.0 Å². The second-order valence-electron chi connectivity index (χ2n) is 8.50. The molecule has 0 saturated heterocycles. The van der Waals surface area contributed by atoms with Crippen molar-refractivity contribution >= 4 is 35.3 Å². The summed E-state index contributed by atoms with van der Waals surface area (Å²) in [5, 5.41) is 21.0. The van der Waals surface area contributed by atoms with Gasteiger partial charge in [0, 0.05) is 56.1 Å². The number of nitriles is 1. The molecule has 1 aromatic carbocycles. The van der Waals surface area contributed by atoms with E-state index in [9.17, 15) is 9.59 Å². The highest BCUT2D eigenvalue weighted by molar-refractivity contribution is 5.87. The molecule has 0 spiro atoms. The Bertz CT molecular complexity index is 1100. The van der Waals surface area contributed by atoms with Crippen molar-refractivity contribution in [3.63, 3.8) is 0 Å². The number of aromatic nitrogens is 2. The molecule has 10 nitrogen and oxygen atoms in total. The van der Waals surface area contributed by atoms with Crippen molar-refractivity contribution in [2.75, 3.05) is 50.9 Å². The SMILES string of the molecule is CCCNc1nc(Nc2ccc(C#N)cc2)ncc1/C=C\CNC(=O)CCCNC(=O)/C=C/CN(C)C. The van der Waals surface area contributed by atoms with Crippen molar-refractivity contribution in [2.24, 2.45) is 0 Å². The molecular formula is C27H36N8O2. The molecule has 196 valence electrons. The molecule has 0 aliphatic heterocycles. The molecule has 4 N–H and O–H groups in total. The Labute approximate surface area is 218 Å². The molecule has 1 heterocycles. The van der Waals surface area contributed by atoms with E-state index >= 15 is 0 Å². The fraction of sp³-hybridized carbons (Fsp3) is 0.370. The molecule has 0 aliphatic rings. The zero-order valence-electron chi connectivity index (χ0n) is 21.8. The Kier molecular flexibility index (Phi) is 12.9. The highest BCUT2D eigenvalue weighted by atomic mass is 16.2. The number of benzene rings is 1. The van der Waals surface area contributed by atoms with Crippen LogP contribution in [0.4, 0.5) is 17.5 Å². The predicted octanol–water partition coefficient (Wildman–Crippen LogP) is 3.06. The first-order valence-corrected chi connectivity index (χ1v) is 12.3. The fourth-order valence-electron chi connectivity index (χ4n) is 3.05. The number of hydrogen-bond donors (Lipinski definition) is 4. The first-order valence-electron chi connectivity index (χ1n) is 12.3. The number of amides is 2. The van der Waals surface area contributed by atoms with Crippen molar-refractivity contribution in [2.45, 2.75) is 26.2 Å². The number of nitrogens with zero attached hydrogens (tertiary/aromatic N) is 4. The second kappa shape index (κ2) is 16.4. The summed E-state index contributed by atoms with van der Waals surface area (Å²) in [5.41, 5.74) is 2.17. The summed E-state index contributed by atoms with van der Waals surface area (Å²) in [6.07, 6.45) is 10.6. The molecule has 0 aliphatic carbocycles. The number of hydrogen-bond acceptors (Lipinski definition) is 8. The van der Waals surface area contributed by atoms with Gasteiger partial charge in [-0.15, -0.1) is 0 Å². The molecule has 1 aromatic heterocycles. The van der Waals surface area contributed by atoms with Crippen LogP contribution in [0.2, 0.25) is 0 Å². The van der Waals surface area contributed by atoms with Gasteiger partial charge < -0.3 is 26.2 Å². The molecule has 0 unspecified atom stereocenters. The van der Waals surface area contributed by atoms with E-state index in [1.165, 1.54) is 6.08 Å². The third kappa shape index (κ3) is 11.8. The summed E-state index contributed by atoms with van der Waals surface area (Å²) in [6, 6.07) is 9.15. The smallest absolute Gasteiger partial charge is 0.243 e.